The molecular formula is C9H14F3NO3. The highest BCUT2D eigenvalue weighted by Crippen LogP contribution is 2.22. The molecule has 4 nitrogen and oxygen atoms in total. The van der Waals surface area contributed by atoms with Crippen LogP contribution in [0.25, 0.3) is 0 Å². The predicted molar refractivity (Wildman–Crippen MR) is 49.7 cm³/mol. The van der Waals surface area contributed by atoms with E-state index < -0.39 is 29.5 Å². The standard InChI is InChI=1S/C9H14F3NO3/c1-8(2,3)4-5(6(14)15)13-7(16)9(10,11)12/h5H,4H2,1-3H3,(H,13,16)(H,14,15). The van der Waals surface area contributed by atoms with Gasteiger partial charge >= 0.3 is 18.1 Å². The third-order valence-corrected chi connectivity index (χ3v) is 1.68. The molecule has 0 radical (unpaired) electrons. The molecule has 0 aliphatic heterocycles. The van der Waals surface area contributed by atoms with Gasteiger partial charge in [0.1, 0.15) is 6.04 Å². The monoisotopic (exact) mass is 241 g/mol. The second-order valence-corrected chi connectivity index (χ2v) is 4.63. The van der Waals surface area contributed by atoms with E-state index in [2.05, 4.69) is 0 Å². The van der Waals surface area contributed by atoms with Crippen LogP contribution in [0.1, 0.15) is 27.2 Å². The number of carboxylic acid groups (broad SMARTS) is 1. The molecule has 0 aromatic heterocycles. The summed E-state index contributed by atoms with van der Waals surface area (Å²) in [5, 5.41) is 10.1. The summed E-state index contributed by atoms with van der Waals surface area (Å²) in [5.74, 6) is -3.71. The van der Waals surface area contributed by atoms with Crippen LogP contribution >= 0.6 is 0 Å². The van der Waals surface area contributed by atoms with Gasteiger partial charge in [0.15, 0.2) is 0 Å². The highest BCUT2D eigenvalue weighted by Gasteiger charge is 2.41. The third-order valence-electron chi connectivity index (χ3n) is 1.68. The highest BCUT2D eigenvalue weighted by atomic mass is 19.4. The largest absolute Gasteiger partial charge is 0.480 e. The van der Waals surface area contributed by atoms with Gasteiger partial charge in [0, 0.05) is 0 Å². The van der Waals surface area contributed by atoms with Crippen LogP contribution in [0.5, 0.6) is 0 Å². The van der Waals surface area contributed by atoms with Crippen LogP contribution in [0.4, 0.5) is 13.2 Å². The molecule has 2 N–H and O–H groups in total. The van der Waals surface area contributed by atoms with Gasteiger partial charge in [-0.3, -0.25) is 4.79 Å². The van der Waals surface area contributed by atoms with Gasteiger partial charge in [0.05, 0.1) is 0 Å². The number of carboxylic acids is 1. The number of alkyl halides is 3. The molecule has 94 valence electrons. The Bertz CT molecular complexity index is 281. The molecule has 0 aliphatic rings. The SMILES string of the molecule is CC(C)(C)CC(NC(=O)C(F)(F)F)C(=O)O. The van der Waals surface area contributed by atoms with Crippen molar-refractivity contribution < 1.29 is 27.9 Å². The van der Waals surface area contributed by atoms with E-state index in [1.54, 1.807) is 20.8 Å². The van der Waals surface area contributed by atoms with Crippen LogP contribution in [0, 0.1) is 5.41 Å². The maximum absolute atomic E-state index is 11.9. The predicted octanol–water partition coefficient (Wildman–Crippen LogP) is 1.55. The molecule has 0 aliphatic carbocycles. The lowest BCUT2D eigenvalue weighted by Gasteiger charge is -2.24. The van der Waals surface area contributed by atoms with E-state index in [9.17, 15) is 22.8 Å². The van der Waals surface area contributed by atoms with Gasteiger partial charge in [0.2, 0.25) is 0 Å². The zero-order chi connectivity index (χ0) is 13.1. The fourth-order valence-electron chi connectivity index (χ4n) is 1.05. The van der Waals surface area contributed by atoms with Crippen LogP contribution in [-0.2, 0) is 9.59 Å². The summed E-state index contributed by atoms with van der Waals surface area (Å²) in [6, 6.07) is -1.53. The molecule has 0 rings (SSSR count). The van der Waals surface area contributed by atoms with Crippen molar-refractivity contribution in [3.05, 3.63) is 0 Å². The molecule has 0 spiro atoms. The lowest BCUT2D eigenvalue weighted by molar-refractivity contribution is -0.175. The third kappa shape index (κ3) is 5.57. The van der Waals surface area contributed by atoms with Crippen molar-refractivity contribution in [2.45, 2.75) is 39.4 Å². The first-order valence-corrected chi connectivity index (χ1v) is 4.54. The number of carbonyl (C=O) groups excluding carboxylic acids is 1. The lowest BCUT2D eigenvalue weighted by Crippen LogP contribution is -2.48. The zero-order valence-electron chi connectivity index (χ0n) is 9.18. The number of amides is 1. The number of aliphatic carboxylic acids is 1. The Kier molecular flexibility index (Phi) is 4.34. The average Bonchev–Trinajstić information content (AvgIpc) is 1.98. The van der Waals surface area contributed by atoms with Crippen LogP contribution in [0.2, 0.25) is 0 Å². The van der Waals surface area contributed by atoms with Gasteiger partial charge in [-0.15, -0.1) is 0 Å². The lowest BCUT2D eigenvalue weighted by atomic mass is 9.88. The molecule has 0 aromatic rings. The van der Waals surface area contributed by atoms with E-state index in [1.807, 2.05) is 0 Å². The van der Waals surface area contributed by atoms with Gasteiger partial charge in [-0.25, -0.2) is 4.79 Å². The summed E-state index contributed by atoms with van der Waals surface area (Å²) in [4.78, 5) is 21.2. The number of nitrogens with one attached hydrogen (secondary N) is 1. The van der Waals surface area contributed by atoms with E-state index in [0.717, 1.165) is 0 Å². The van der Waals surface area contributed by atoms with Gasteiger partial charge in [-0.05, 0) is 11.8 Å². The first-order chi connectivity index (χ1) is 6.93. The fraction of sp³-hybridized carbons (Fsp3) is 0.778. The van der Waals surface area contributed by atoms with E-state index in [1.165, 1.54) is 5.32 Å². The van der Waals surface area contributed by atoms with Crippen LogP contribution < -0.4 is 5.32 Å². The van der Waals surface area contributed by atoms with Gasteiger partial charge < -0.3 is 10.4 Å². The maximum atomic E-state index is 11.9. The Morgan fingerprint density at radius 1 is 1.25 bits per heavy atom. The quantitative estimate of drug-likeness (QED) is 0.787. The molecule has 0 aromatic carbocycles. The molecule has 0 heterocycles. The minimum absolute atomic E-state index is 0.0792. The first-order valence-electron chi connectivity index (χ1n) is 4.54. The molecule has 16 heavy (non-hydrogen) atoms. The minimum Gasteiger partial charge on any atom is -0.480 e. The van der Waals surface area contributed by atoms with E-state index in [-0.39, 0.29) is 6.42 Å². The topological polar surface area (TPSA) is 66.4 Å². The smallest absolute Gasteiger partial charge is 0.471 e. The van der Waals surface area contributed by atoms with Gasteiger partial charge in [0.25, 0.3) is 0 Å². The molecule has 1 atom stereocenters. The Morgan fingerprint density at radius 2 is 1.69 bits per heavy atom. The zero-order valence-corrected chi connectivity index (χ0v) is 9.18. The Hall–Kier alpha value is -1.27. The summed E-state index contributed by atoms with van der Waals surface area (Å²) in [6.45, 7) is 5.01. The average molecular weight is 241 g/mol. The normalized spacial score (nSPS) is 14.4. The van der Waals surface area contributed by atoms with Crippen LogP contribution in [0.3, 0.4) is 0 Å². The van der Waals surface area contributed by atoms with E-state index in [4.69, 9.17) is 5.11 Å². The molecule has 0 saturated heterocycles. The number of rotatable bonds is 3. The minimum atomic E-state index is -5.06. The van der Waals surface area contributed by atoms with Crippen molar-refractivity contribution >= 4 is 11.9 Å². The summed E-state index contributed by atoms with van der Waals surface area (Å²) in [5.41, 5.74) is -0.498. The van der Waals surface area contributed by atoms with Crippen LogP contribution in [0.15, 0.2) is 0 Å². The molecule has 1 unspecified atom stereocenters. The molecule has 1 amide bonds. The summed E-state index contributed by atoms with van der Waals surface area (Å²) >= 11 is 0. The molecule has 0 bridgehead atoms. The molecular weight excluding hydrogens is 227 g/mol. The fourth-order valence-corrected chi connectivity index (χ4v) is 1.05. The number of halogens is 3. The number of carbonyl (C=O) groups is 2. The van der Waals surface area contributed by atoms with Crippen molar-refractivity contribution in [1.29, 1.82) is 0 Å². The first kappa shape index (κ1) is 14.7. The van der Waals surface area contributed by atoms with Crippen molar-refractivity contribution in [1.82, 2.24) is 5.32 Å². The maximum Gasteiger partial charge on any atom is 0.471 e. The molecule has 0 fully saturated rings. The summed E-state index contributed by atoms with van der Waals surface area (Å²) in [6.07, 6.45) is -5.14. The Balaban J connectivity index is 4.60. The van der Waals surface area contributed by atoms with Gasteiger partial charge in [-0.1, -0.05) is 20.8 Å². The van der Waals surface area contributed by atoms with Crippen molar-refractivity contribution in [2.24, 2.45) is 5.41 Å². The van der Waals surface area contributed by atoms with Crippen LogP contribution in [-0.4, -0.2) is 29.2 Å². The molecule has 0 saturated carbocycles. The van der Waals surface area contributed by atoms with Crippen molar-refractivity contribution in [2.75, 3.05) is 0 Å². The summed E-state index contributed by atoms with van der Waals surface area (Å²) < 4.78 is 35.7. The highest BCUT2D eigenvalue weighted by molar-refractivity contribution is 5.86. The second kappa shape index (κ2) is 4.71. The van der Waals surface area contributed by atoms with E-state index >= 15 is 0 Å². The van der Waals surface area contributed by atoms with Crippen molar-refractivity contribution in [3.63, 3.8) is 0 Å². The second-order valence-electron chi connectivity index (χ2n) is 4.63. The van der Waals surface area contributed by atoms with E-state index in [0.29, 0.717) is 0 Å². The number of hydrogen-bond acceptors (Lipinski definition) is 2. The number of hydrogen-bond donors (Lipinski definition) is 2. The Morgan fingerprint density at radius 3 is 1.94 bits per heavy atom. The summed E-state index contributed by atoms with van der Waals surface area (Å²) in [7, 11) is 0. The molecule has 7 heteroatoms. The van der Waals surface area contributed by atoms with Crippen molar-refractivity contribution in [3.8, 4) is 0 Å². The van der Waals surface area contributed by atoms with Gasteiger partial charge in [-0.2, -0.15) is 13.2 Å². The Labute approximate surface area is 90.8 Å².